The summed E-state index contributed by atoms with van der Waals surface area (Å²) in [6.45, 7) is 2.68. The van der Waals surface area contributed by atoms with Crippen LogP contribution in [0.2, 0.25) is 0 Å². The van der Waals surface area contributed by atoms with Crippen LogP contribution in [0.25, 0.3) is 11.3 Å². The molecule has 0 radical (unpaired) electrons. The van der Waals surface area contributed by atoms with Gasteiger partial charge in [-0.3, -0.25) is 4.79 Å². The van der Waals surface area contributed by atoms with Crippen molar-refractivity contribution in [3.63, 3.8) is 0 Å². The van der Waals surface area contributed by atoms with Gasteiger partial charge in [0.15, 0.2) is 5.76 Å². The molecule has 28 heavy (non-hydrogen) atoms. The van der Waals surface area contributed by atoms with Crippen LogP contribution in [0, 0.1) is 5.82 Å². The van der Waals surface area contributed by atoms with Gasteiger partial charge in [0.1, 0.15) is 17.3 Å². The predicted octanol–water partition coefficient (Wildman–Crippen LogP) is 2.96. The van der Waals surface area contributed by atoms with Crippen molar-refractivity contribution in [3.05, 3.63) is 65.8 Å². The van der Waals surface area contributed by atoms with Crippen molar-refractivity contribution in [3.8, 4) is 11.3 Å². The highest BCUT2D eigenvalue weighted by Crippen LogP contribution is 2.20. The lowest BCUT2D eigenvalue weighted by atomic mass is 10.1. The van der Waals surface area contributed by atoms with Crippen molar-refractivity contribution in [2.24, 2.45) is 0 Å². The van der Waals surface area contributed by atoms with Crippen LogP contribution >= 0.6 is 0 Å². The van der Waals surface area contributed by atoms with Gasteiger partial charge in [-0.15, -0.1) is 0 Å². The molecule has 0 spiro atoms. The minimum Gasteiger partial charge on any atom is -0.378 e. The van der Waals surface area contributed by atoms with E-state index in [-0.39, 0.29) is 11.7 Å². The average Bonchev–Trinajstić information content (AvgIpc) is 3.22. The molecule has 1 aliphatic rings. The Balaban J connectivity index is 1.36. The molecule has 0 bridgehead atoms. The maximum atomic E-state index is 13.3. The number of aromatic nitrogens is 2. The number of hydrogen-bond donors (Lipinski definition) is 1. The summed E-state index contributed by atoms with van der Waals surface area (Å²) in [7, 11) is 0. The molecule has 8 heteroatoms. The molecule has 0 atom stereocenters. The minimum atomic E-state index is -0.323. The number of carbonyl (C=O) groups excluding carboxylic acids is 1. The second-order valence-electron chi connectivity index (χ2n) is 6.38. The number of benzene rings is 1. The number of carbonyl (C=O) groups is 1. The molecule has 2 aromatic heterocycles. The monoisotopic (exact) mass is 382 g/mol. The van der Waals surface area contributed by atoms with Crippen molar-refractivity contribution in [1.82, 2.24) is 15.0 Å². The first-order valence-electron chi connectivity index (χ1n) is 8.97. The SMILES string of the molecule is O=C(c1ccc(NCc2cc(-c3cccc(F)c3)no2)nc1)N1CCOCC1. The Morgan fingerprint density at radius 1 is 1.18 bits per heavy atom. The number of nitrogens with zero attached hydrogens (tertiary/aromatic N) is 3. The van der Waals surface area contributed by atoms with E-state index in [0.717, 1.165) is 0 Å². The normalized spacial score (nSPS) is 14.1. The molecule has 1 amide bonds. The standard InChI is InChI=1S/C20H19FN4O3/c21-16-3-1-2-14(10-16)18-11-17(28-24-18)13-23-19-5-4-15(12-22-19)20(26)25-6-8-27-9-7-25/h1-5,10-12H,6-9,13H2,(H,22,23). The van der Waals surface area contributed by atoms with Crippen LogP contribution in [0.4, 0.5) is 10.2 Å². The molecule has 7 nitrogen and oxygen atoms in total. The van der Waals surface area contributed by atoms with Crippen LogP contribution in [0.5, 0.6) is 0 Å². The van der Waals surface area contributed by atoms with Crippen LogP contribution in [0.3, 0.4) is 0 Å². The zero-order chi connectivity index (χ0) is 19.3. The van der Waals surface area contributed by atoms with E-state index in [1.165, 1.54) is 12.1 Å². The second-order valence-corrected chi connectivity index (χ2v) is 6.38. The van der Waals surface area contributed by atoms with Gasteiger partial charge in [0.25, 0.3) is 5.91 Å². The summed E-state index contributed by atoms with van der Waals surface area (Å²) in [5.74, 6) is 0.838. The van der Waals surface area contributed by atoms with Crippen molar-refractivity contribution in [1.29, 1.82) is 0 Å². The summed E-state index contributed by atoms with van der Waals surface area (Å²) in [4.78, 5) is 18.5. The molecular weight excluding hydrogens is 363 g/mol. The van der Waals surface area contributed by atoms with E-state index in [1.807, 2.05) is 0 Å². The smallest absolute Gasteiger partial charge is 0.255 e. The zero-order valence-electron chi connectivity index (χ0n) is 15.1. The molecule has 3 aromatic rings. The summed E-state index contributed by atoms with van der Waals surface area (Å²) in [5.41, 5.74) is 1.76. The van der Waals surface area contributed by atoms with Gasteiger partial charge in [-0.1, -0.05) is 17.3 Å². The Morgan fingerprint density at radius 2 is 2.04 bits per heavy atom. The van der Waals surface area contributed by atoms with Crippen LogP contribution < -0.4 is 5.32 Å². The fraction of sp³-hybridized carbons (Fsp3) is 0.250. The van der Waals surface area contributed by atoms with E-state index >= 15 is 0 Å². The average molecular weight is 382 g/mol. The third-order valence-corrected chi connectivity index (χ3v) is 4.43. The van der Waals surface area contributed by atoms with Crippen LogP contribution in [-0.4, -0.2) is 47.3 Å². The molecule has 1 saturated heterocycles. The van der Waals surface area contributed by atoms with Gasteiger partial charge >= 0.3 is 0 Å². The molecule has 1 aliphatic heterocycles. The van der Waals surface area contributed by atoms with Crippen molar-refractivity contribution in [2.75, 3.05) is 31.6 Å². The quantitative estimate of drug-likeness (QED) is 0.731. The first-order chi connectivity index (χ1) is 13.7. The Hall–Kier alpha value is -3.26. The van der Waals surface area contributed by atoms with E-state index in [4.69, 9.17) is 9.26 Å². The maximum Gasteiger partial charge on any atom is 0.255 e. The Morgan fingerprint density at radius 3 is 2.79 bits per heavy atom. The van der Waals surface area contributed by atoms with Crippen molar-refractivity contribution < 1.29 is 18.4 Å². The Labute approximate surface area is 161 Å². The first kappa shape index (κ1) is 18.1. The highest BCUT2D eigenvalue weighted by atomic mass is 19.1. The van der Waals surface area contributed by atoms with Gasteiger partial charge in [0, 0.05) is 30.9 Å². The molecule has 144 valence electrons. The third kappa shape index (κ3) is 4.17. The minimum absolute atomic E-state index is 0.0441. The van der Waals surface area contributed by atoms with Crippen molar-refractivity contribution >= 4 is 11.7 Å². The number of nitrogens with one attached hydrogen (secondary N) is 1. The van der Waals surface area contributed by atoms with Crippen molar-refractivity contribution in [2.45, 2.75) is 6.54 Å². The molecular formula is C20H19FN4O3. The maximum absolute atomic E-state index is 13.3. The number of hydrogen-bond acceptors (Lipinski definition) is 6. The lowest BCUT2D eigenvalue weighted by molar-refractivity contribution is 0.0302. The summed E-state index contributed by atoms with van der Waals surface area (Å²) in [6, 6.07) is 11.4. The van der Waals surface area contributed by atoms with E-state index < -0.39 is 0 Å². The molecule has 3 heterocycles. The zero-order valence-corrected chi connectivity index (χ0v) is 15.1. The number of pyridine rings is 1. The van der Waals surface area contributed by atoms with E-state index in [0.29, 0.717) is 61.2 Å². The number of halogens is 1. The Bertz CT molecular complexity index is 952. The Kier molecular flexibility index (Phi) is 5.29. The van der Waals surface area contributed by atoms with E-state index in [1.54, 1.807) is 41.4 Å². The fourth-order valence-electron chi connectivity index (χ4n) is 2.93. The summed E-state index contributed by atoms with van der Waals surface area (Å²) in [5, 5.41) is 7.09. The number of rotatable bonds is 5. The summed E-state index contributed by atoms with van der Waals surface area (Å²) >= 11 is 0. The number of amides is 1. The lowest BCUT2D eigenvalue weighted by Gasteiger charge is -2.26. The number of morpholine rings is 1. The van der Waals surface area contributed by atoms with Crippen LogP contribution in [0.1, 0.15) is 16.1 Å². The molecule has 0 unspecified atom stereocenters. The van der Waals surface area contributed by atoms with Crippen LogP contribution in [0.15, 0.2) is 53.2 Å². The molecule has 0 saturated carbocycles. The molecule has 1 fully saturated rings. The fourth-order valence-corrected chi connectivity index (χ4v) is 2.93. The highest BCUT2D eigenvalue weighted by molar-refractivity contribution is 5.94. The van der Waals surface area contributed by atoms with Gasteiger partial charge < -0.3 is 19.5 Å². The number of anilines is 1. The molecule has 0 aliphatic carbocycles. The van der Waals surface area contributed by atoms with Gasteiger partial charge in [0.2, 0.25) is 0 Å². The molecule has 1 aromatic carbocycles. The van der Waals surface area contributed by atoms with Gasteiger partial charge in [-0.25, -0.2) is 9.37 Å². The molecule has 1 N–H and O–H groups in total. The third-order valence-electron chi connectivity index (χ3n) is 4.43. The predicted molar refractivity (Wildman–Crippen MR) is 100 cm³/mol. The molecule has 4 rings (SSSR count). The van der Waals surface area contributed by atoms with E-state index in [9.17, 15) is 9.18 Å². The van der Waals surface area contributed by atoms with Crippen LogP contribution in [-0.2, 0) is 11.3 Å². The highest BCUT2D eigenvalue weighted by Gasteiger charge is 2.18. The second kappa shape index (κ2) is 8.18. The van der Waals surface area contributed by atoms with E-state index in [2.05, 4.69) is 15.5 Å². The van der Waals surface area contributed by atoms with Gasteiger partial charge in [-0.2, -0.15) is 0 Å². The first-order valence-corrected chi connectivity index (χ1v) is 8.97. The topological polar surface area (TPSA) is 80.5 Å². The largest absolute Gasteiger partial charge is 0.378 e. The summed E-state index contributed by atoms with van der Waals surface area (Å²) < 4.78 is 23.9. The van der Waals surface area contributed by atoms with Gasteiger partial charge in [-0.05, 0) is 24.3 Å². The lowest BCUT2D eigenvalue weighted by Crippen LogP contribution is -2.40. The number of ether oxygens (including phenoxy) is 1. The van der Waals surface area contributed by atoms with Gasteiger partial charge in [0.05, 0.1) is 25.3 Å². The summed E-state index contributed by atoms with van der Waals surface area (Å²) in [6.07, 6.45) is 1.55.